The monoisotopic (exact) mass is 268 g/mol. The van der Waals surface area contributed by atoms with Crippen molar-refractivity contribution in [2.45, 2.75) is 26.9 Å². The SMILES string of the molecule is CCNc1cc([N+](=O)[O-])cc(NCCOC(C)C)n1. The van der Waals surface area contributed by atoms with E-state index in [2.05, 4.69) is 15.6 Å². The molecule has 2 N–H and O–H groups in total. The number of rotatable bonds is 8. The van der Waals surface area contributed by atoms with Gasteiger partial charge < -0.3 is 15.4 Å². The molecule has 1 heterocycles. The van der Waals surface area contributed by atoms with Crippen LogP contribution in [0.4, 0.5) is 17.3 Å². The van der Waals surface area contributed by atoms with Gasteiger partial charge in [0.15, 0.2) is 0 Å². The van der Waals surface area contributed by atoms with E-state index < -0.39 is 4.92 Å². The first-order valence-electron chi connectivity index (χ1n) is 6.28. The van der Waals surface area contributed by atoms with E-state index in [0.29, 0.717) is 31.3 Å². The molecule has 19 heavy (non-hydrogen) atoms. The third-order valence-electron chi connectivity index (χ3n) is 2.24. The van der Waals surface area contributed by atoms with Crippen molar-refractivity contribution in [1.29, 1.82) is 0 Å². The van der Waals surface area contributed by atoms with E-state index in [4.69, 9.17) is 4.74 Å². The molecule has 0 bridgehead atoms. The molecule has 0 atom stereocenters. The van der Waals surface area contributed by atoms with Gasteiger partial charge in [0.25, 0.3) is 5.69 Å². The molecule has 0 aliphatic rings. The third kappa shape index (κ3) is 5.52. The second-order valence-corrected chi connectivity index (χ2v) is 4.23. The van der Waals surface area contributed by atoms with Gasteiger partial charge in [0.05, 0.1) is 29.8 Å². The van der Waals surface area contributed by atoms with Gasteiger partial charge >= 0.3 is 0 Å². The van der Waals surface area contributed by atoms with Crippen LogP contribution in [-0.2, 0) is 4.74 Å². The van der Waals surface area contributed by atoms with Crippen molar-refractivity contribution in [3.8, 4) is 0 Å². The highest BCUT2D eigenvalue weighted by atomic mass is 16.6. The Bertz CT molecular complexity index is 423. The van der Waals surface area contributed by atoms with Crippen molar-refractivity contribution >= 4 is 17.3 Å². The maximum atomic E-state index is 10.8. The van der Waals surface area contributed by atoms with Crippen LogP contribution in [0, 0.1) is 10.1 Å². The van der Waals surface area contributed by atoms with E-state index in [1.807, 2.05) is 20.8 Å². The van der Waals surface area contributed by atoms with Gasteiger partial charge in [-0.05, 0) is 20.8 Å². The van der Waals surface area contributed by atoms with Crippen molar-refractivity contribution in [2.24, 2.45) is 0 Å². The predicted molar refractivity (Wildman–Crippen MR) is 74.6 cm³/mol. The Balaban J connectivity index is 2.67. The highest BCUT2D eigenvalue weighted by Crippen LogP contribution is 2.20. The van der Waals surface area contributed by atoms with Crippen LogP contribution in [0.2, 0.25) is 0 Å². The second kappa shape index (κ2) is 7.52. The molecule has 0 amide bonds. The Hall–Kier alpha value is -1.89. The van der Waals surface area contributed by atoms with Crippen molar-refractivity contribution in [1.82, 2.24) is 4.98 Å². The number of aromatic nitrogens is 1. The summed E-state index contributed by atoms with van der Waals surface area (Å²) in [5.41, 5.74) is 0.0122. The summed E-state index contributed by atoms with van der Waals surface area (Å²) < 4.78 is 5.38. The highest BCUT2D eigenvalue weighted by Gasteiger charge is 2.10. The van der Waals surface area contributed by atoms with Crippen molar-refractivity contribution in [3.05, 3.63) is 22.2 Å². The number of hydrogen-bond acceptors (Lipinski definition) is 6. The molecule has 7 heteroatoms. The minimum absolute atomic E-state index is 0.0122. The predicted octanol–water partition coefficient (Wildman–Crippen LogP) is 2.26. The van der Waals surface area contributed by atoms with Crippen molar-refractivity contribution < 1.29 is 9.66 Å². The smallest absolute Gasteiger partial charge is 0.276 e. The van der Waals surface area contributed by atoms with Crippen LogP contribution >= 0.6 is 0 Å². The maximum absolute atomic E-state index is 10.8. The maximum Gasteiger partial charge on any atom is 0.276 e. The Kier molecular flexibility index (Phi) is 6.01. The Morgan fingerprint density at radius 2 is 2.00 bits per heavy atom. The number of hydrogen-bond donors (Lipinski definition) is 2. The molecule has 1 rings (SSSR count). The Morgan fingerprint density at radius 1 is 1.37 bits per heavy atom. The standard InChI is InChI=1S/C12H20N4O3/c1-4-13-11-7-10(16(17)18)8-12(15-11)14-5-6-19-9(2)3/h7-9H,4-6H2,1-3H3,(H2,13,14,15). The van der Waals surface area contributed by atoms with Crippen LogP contribution in [0.5, 0.6) is 0 Å². The largest absolute Gasteiger partial charge is 0.377 e. The topological polar surface area (TPSA) is 89.3 Å². The summed E-state index contributed by atoms with van der Waals surface area (Å²) in [6, 6.07) is 2.83. The molecule has 0 aliphatic heterocycles. The average Bonchev–Trinajstić information content (AvgIpc) is 2.34. The summed E-state index contributed by atoms with van der Waals surface area (Å²) in [4.78, 5) is 14.6. The van der Waals surface area contributed by atoms with Gasteiger partial charge in [0, 0.05) is 13.1 Å². The minimum atomic E-state index is -0.432. The lowest BCUT2D eigenvalue weighted by molar-refractivity contribution is -0.384. The van der Waals surface area contributed by atoms with Gasteiger partial charge in [0.1, 0.15) is 11.6 Å². The molecule has 0 spiro atoms. The van der Waals surface area contributed by atoms with Crippen LogP contribution in [0.25, 0.3) is 0 Å². The fraction of sp³-hybridized carbons (Fsp3) is 0.583. The normalized spacial score (nSPS) is 10.5. The van der Waals surface area contributed by atoms with Crippen LogP contribution < -0.4 is 10.6 Å². The lowest BCUT2D eigenvalue weighted by Crippen LogP contribution is -2.14. The Morgan fingerprint density at radius 3 is 2.53 bits per heavy atom. The number of nitrogens with one attached hydrogen (secondary N) is 2. The summed E-state index contributed by atoms with van der Waals surface area (Å²) in [7, 11) is 0. The van der Waals surface area contributed by atoms with E-state index >= 15 is 0 Å². The molecular formula is C12H20N4O3. The number of ether oxygens (including phenoxy) is 1. The summed E-state index contributed by atoms with van der Waals surface area (Å²) >= 11 is 0. The van der Waals surface area contributed by atoms with Crippen molar-refractivity contribution in [3.63, 3.8) is 0 Å². The molecule has 0 saturated heterocycles. The highest BCUT2D eigenvalue weighted by molar-refractivity contribution is 5.54. The zero-order valence-electron chi connectivity index (χ0n) is 11.5. The van der Waals surface area contributed by atoms with E-state index in [1.54, 1.807) is 0 Å². The molecule has 1 aromatic heterocycles. The van der Waals surface area contributed by atoms with Crippen LogP contribution in [0.3, 0.4) is 0 Å². The lowest BCUT2D eigenvalue weighted by atomic mass is 10.3. The van der Waals surface area contributed by atoms with Crippen LogP contribution in [0.15, 0.2) is 12.1 Å². The molecule has 1 aromatic rings. The van der Waals surface area contributed by atoms with Crippen molar-refractivity contribution in [2.75, 3.05) is 30.3 Å². The fourth-order valence-corrected chi connectivity index (χ4v) is 1.46. The number of nitrogens with zero attached hydrogens (tertiary/aromatic N) is 2. The molecule has 0 unspecified atom stereocenters. The third-order valence-corrected chi connectivity index (χ3v) is 2.24. The molecule has 0 aliphatic carbocycles. The van der Waals surface area contributed by atoms with E-state index in [-0.39, 0.29) is 11.8 Å². The zero-order chi connectivity index (χ0) is 14.3. The average molecular weight is 268 g/mol. The quantitative estimate of drug-likeness (QED) is 0.427. The molecular weight excluding hydrogens is 248 g/mol. The second-order valence-electron chi connectivity index (χ2n) is 4.23. The van der Waals surface area contributed by atoms with Crippen LogP contribution in [0.1, 0.15) is 20.8 Å². The molecule has 0 fully saturated rings. The van der Waals surface area contributed by atoms with Gasteiger partial charge in [-0.2, -0.15) is 0 Å². The summed E-state index contributed by atoms with van der Waals surface area (Å²) in [6.07, 6.45) is 0.164. The Labute approximate surface area is 112 Å². The summed E-state index contributed by atoms with van der Waals surface area (Å²) in [5, 5.41) is 16.8. The van der Waals surface area contributed by atoms with Crippen LogP contribution in [-0.4, -0.2) is 35.7 Å². The number of anilines is 2. The van der Waals surface area contributed by atoms with E-state index in [0.717, 1.165) is 0 Å². The lowest BCUT2D eigenvalue weighted by Gasteiger charge is -2.10. The fourth-order valence-electron chi connectivity index (χ4n) is 1.46. The molecule has 106 valence electrons. The minimum Gasteiger partial charge on any atom is -0.377 e. The van der Waals surface area contributed by atoms with E-state index in [1.165, 1.54) is 12.1 Å². The first-order valence-corrected chi connectivity index (χ1v) is 6.28. The zero-order valence-corrected chi connectivity index (χ0v) is 11.5. The summed E-state index contributed by atoms with van der Waals surface area (Å²) in [5.74, 6) is 0.960. The van der Waals surface area contributed by atoms with Gasteiger partial charge in [0.2, 0.25) is 0 Å². The van der Waals surface area contributed by atoms with Gasteiger partial charge in [-0.25, -0.2) is 4.98 Å². The number of nitro groups is 1. The van der Waals surface area contributed by atoms with E-state index in [9.17, 15) is 10.1 Å². The van der Waals surface area contributed by atoms with Gasteiger partial charge in [-0.15, -0.1) is 0 Å². The molecule has 0 saturated carbocycles. The first-order chi connectivity index (χ1) is 9.02. The molecule has 7 nitrogen and oxygen atoms in total. The van der Waals surface area contributed by atoms with Gasteiger partial charge in [-0.3, -0.25) is 10.1 Å². The summed E-state index contributed by atoms with van der Waals surface area (Å²) in [6.45, 7) is 7.55. The number of pyridine rings is 1. The first kappa shape index (κ1) is 15.2. The molecule has 0 radical (unpaired) electrons. The van der Waals surface area contributed by atoms with Gasteiger partial charge in [-0.1, -0.05) is 0 Å². The molecule has 0 aromatic carbocycles.